The summed E-state index contributed by atoms with van der Waals surface area (Å²) < 4.78 is 5.66. The monoisotopic (exact) mass is 314 g/mol. The summed E-state index contributed by atoms with van der Waals surface area (Å²) in [6.07, 6.45) is 6.51. The predicted molar refractivity (Wildman–Crippen MR) is 89.0 cm³/mol. The summed E-state index contributed by atoms with van der Waals surface area (Å²) in [6.45, 7) is 4.11. The molecule has 4 nitrogen and oxygen atoms in total. The molecule has 2 N–H and O–H groups in total. The average molecular weight is 314 g/mol. The van der Waals surface area contributed by atoms with Crippen molar-refractivity contribution in [1.82, 2.24) is 0 Å². The van der Waals surface area contributed by atoms with E-state index in [4.69, 9.17) is 4.42 Å². The van der Waals surface area contributed by atoms with Gasteiger partial charge in [0.25, 0.3) is 0 Å². The van der Waals surface area contributed by atoms with Crippen LogP contribution in [0.2, 0.25) is 0 Å². The number of hydrogen-bond donors (Lipinski definition) is 2. The summed E-state index contributed by atoms with van der Waals surface area (Å²) in [5.74, 6) is 0.254. The SMILES string of the molecule is C[C@@H]1CCCC[NH+]1Cc1c(O)ccc2c3c(c(=O)oc12)CCC3. The highest BCUT2D eigenvalue weighted by Crippen LogP contribution is 2.32. The lowest BCUT2D eigenvalue weighted by molar-refractivity contribution is -0.941. The summed E-state index contributed by atoms with van der Waals surface area (Å²) in [7, 11) is 0. The molecule has 0 amide bonds. The Morgan fingerprint density at radius 1 is 1.22 bits per heavy atom. The van der Waals surface area contributed by atoms with Crippen LogP contribution in [0.1, 0.15) is 49.3 Å². The molecule has 1 aromatic carbocycles. The number of likely N-dealkylation sites (tertiary alicyclic amines) is 1. The molecule has 1 aliphatic carbocycles. The van der Waals surface area contributed by atoms with E-state index in [0.29, 0.717) is 11.6 Å². The lowest BCUT2D eigenvalue weighted by Gasteiger charge is -2.30. The number of hydrogen-bond acceptors (Lipinski definition) is 3. The highest BCUT2D eigenvalue weighted by Gasteiger charge is 2.27. The minimum Gasteiger partial charge on any atom is -0.507 e. The fourth-order valence-electron chi connectivity index (χ4n) is 4.31. The first kappa shape index (κ1) is 14.8. The van der Waals surface area contributed by atoms with Crippen LogP contribution in [-0.4, -0.2) is 17.7 Å². The molecule has 4 rings (SSSR count). The minimum atomic E-state index is -0.210. The molecule has 2 atom stereocenters. The Bertz CT molecular complexity index is 808. The number of nitrogens with one attached hydrogen (secondary N) is 1. The molecule has 0 saturated carbocycles. The molecule has 1 fully saturated rings. The van der Waals surface area contributed by atoms with Gasteiger partial charge >= 0.3 is 5.63 Å². The van der Waals surface area contributed by atoms with E-state index in [9.17, 15) is 9.90 Å². The highest BCUT2D eigenvalue weighted by atomic mass is 16.4. The van der Waals surface area contributed by atoms with E-state index < -0.39 is 0 Å². The van der Waals surface area contributed by atoms with Crippen molar-refractivity contribution in [2.45, 2.75) is 58.0 Å². The summed E-state index contributed by atoms with van der Waals surface area (Å²) in [6, 6.07) is 4.26. The third-order valence-corrected chi connectivity index (χ3v) is 5.71. The van der Waals surface area contributed by atoms with E-state index in [0.717, 1.165) is 54.4 Å². The molecule has 4 heteroatoms. The fraction of sp³-hybridized carbons (Fsp3) is 0.526. The van der Waals surface area contributed by atoms with Gasteiger partial charge in [0.2, 0.25) is 0 Å². The zero-order chi connectivity index (χ0) is 16.0. The van der Waals surface area contributed by atoms with Crippen molar-refractivity contribution in [2.75, 3.05) is 6.54 Å². The highest BCUT2D eigenvalue weighted by molar-refractivity contribution is 5.86. The van der Waals surface area contributed by atoms with Crippen LogP contribution in [0.4, 0.5) is 0 Å². The third-order valence-electron chi connectivity index (χ3n) is 5.71. The van der Waals surface area contributed by atoms with Gasteiger partial charge in [0.05, 0.1) is 18.2 Å². The number of phenols is 1. The van der Waals surface area contributed by atoms with Crippen molar-refractivity contribution in [2.24, 2.45) is 0 Å². The molecule has 0 spiro atoms. The van der Waals surface area contributed by atoms with Gasteiger partial charge in [-0.15, -0.1) is 0 Å². The lowest BCUT2D eigenvalue weighted by Crippen LogP contribution is -3.14. The second-order valence-electron chi connectivity index (χ2n) is 7.12. The zero-order valence-corrected chi connectivity index (χ0v) is 13.7. The van der Waals surface area contributed by atoms with Crippen molar-refractivity contribution in [3.63, 3.8) is 0 Å². The Morgan fingerprint density at radius 2 is 2.04 bits per heavy atom. The third kappa shape index (κ3) is 2.45. The van der Waals surface area contributed by atoms with E-state index >= 15 is 0 Å². The molecule has 2 heterocycles. The molecule has 122 valence electrons. The number of benzene rings is 1. The van der Waals surface area contributed by atoms with Gasteiger partial charge in [0, 0.05) is 10.9 Å². The van der Waals surface area contributed by atoms with Crippen LogP contribution >= 0.6 is 0 Å². The Labute approximate surface area is 135 Å². The summed E-state index contributed by atoms with van der Waals surface area (Å²) >= 11 is 0. The van der Waals surface area contributed by atoms with Crippen molar-refractivity contribution < 1.29 is 14.4 Å². The molecular weight excluding hydrogens is 290 g/mol. The van der Waals surface area contributed by atoms with Gasteiger partial charge in [0.15, 0.2) is 5.58 Å². The van der Waals surface area contributed by atoms with E-state index in [1.54, 1.807) is 6.07 Å². The van der Waals surface area contributed by atoms with E-state index in [-0.39, 0.29) is 11.4 Å². The van der Waals surface area contributed by atoms with Gasteiger partial charge in [0.1, 0.15) is 12.3 Å². The molecule has 1 unspecified atom stereocenters. The van der Waals surface area contributed by atoms with Crippen LogP contribution in [0.15, 0.2) is 21.3 Å². The second kappa shape index (κ2) is 5.68. The molecule has 23 heavy (non-hydrogen) atoms. The quantitative estimate of drug-likeness (QED) is 0.833. The summed E-state index contributed by atoms with van der Waals surface area (Å²) in [4.78, 5) is 13.8. The smallest absolute Gasteiger partial charge is 0.339 e. The molecule has 1 saturated heterocycles. The molecule has 0 radical (unpaired) electrons. The fourth-order valence-corrected chi connectivity index (χ4v) is 4.31. The number of aryl methyl sites for hydroxylation is 1. The summed E-state index contributed by atoms with van der Waals surface area (Å²) in [5.41, 5.74) is 3.18. The van der Waals surface area contributed by atoms with Crippen LogP contribution in [0, 0.1) is 0 Å². The largest absolute Gasteiger partial charge is 0.507 e. The van der Waals surface area contributed by atoms with E-state index in [2.05, 4.69) is 6.92 Å². The lowest BCUT2D eigenvalue weighted by atomic mass is 10.00. The Morgan fingerprint density at radius 3 is 2.87 bits per heavy atom. The normalized spacial score (nSPS) is 24.0. The van der Waals surface area contributed by atoms with Crippen LogP contribution in [0.25, 0.3) is 11.0 Å². The molecule has 1 aliphatic heterocycles. The van der Waals surface area contributed by atoms with Crippen molar-refractivity contribution in [3.05, 3.63) is 39.2 Å². The van der Waals surface area contributed by atoms with Crippen molar-refractivity contribution >= 4 is 11.0 Å². The molecule has 2 aliphatic rings. The molecule has 2 aromatic rings. The van der Waals surface area contributed by atoms with Gasteiger partial charge < -0.3 is 14.4 Å². The first-order valence-electron chi connectivity index (χ1n) is 8.79. The van der Waals surface area contributed by atoms with Gasteiger partial charge in [-0.1, -0.05) is 0 Å². The maximum atomic E-state index is 12.3. The number of piperidine rings is 1. The number of aromatic hydroxyl groups is 1. The predicted octanol–water partition coefficient (Wildman–Crippen LogP) is 1.94. The standard InChI is InChI=1S/C19H23NO3/c1-12-5-2-3-10-20(12)11-16-17(21)9-8-14-13-6-4-7-15(13)19(22)23-18(14)16/h8-9,12,21H,2-7,10-11H2,1H3/p+1/t12-/m1/s1. The Balaban J connectivity index is 1.84. The summed E-state index contributed by atoms with van der Waals surface area (Å²) in [5, 5.41) is 11.4. The van der Waals surface area contributed by atoms with Gasteiger partial charge in [-0.05, 0) is 63.1 Å². The first-order chi connectivity index (χ1) is 11.1. The maximum Gasteiger partial charge on any atom is 0.339 e. The molecule has 0 bridgehead atoms. The van der Waals surface area contributed by atoms with Crippen molar-refractivity contribution in [1.29, 1.82) is 0 Å². The number of fused-ring (bicyclic) bond motifs is 3. The van der Waals surface area contributed by atoms with Gasteiger partial charge in [-0.2, -0.15) is 0 Å². The number of phenolic OH excluding ortho intramolecular Hbond substituents is 1. The molecular formula is C19H24NO3+. The zero-order valence-electron chi connectivity index (χ0n) is 13.7. The minimum absolute atomic E-state index is 0.210. The maximum absolute atomic E-state index is 12.3. The van der Waals surface area contributed by atoms with E-state index in [1.807, 2.05) is 6.07 Å². The number of rotatable bonds is 2. The van der Waals surface area contributed by atoms with Crippen LogP contribution in [-0.2, 0) is 19.4 Å². The average Bonchev–Trinajstić information content (AvgIpc) is 3.03. The van der Waals surface area contributed by atoms with Crippen LogP contribution < -0.4 is 10.5 Å². The molecule has 1 aromatic heterocycles. The van der Waals surface area contributed by atoms with Crippen LogP contribution in [0.3, 0.4) is 0 Å². The van der Waals surface area contributed by atoms with E-state index in [1.165, 1.54) is 24.2 Å². The van der Waals surface area contributed by atoms with Gasteiger partial charge in [-0.25, -0.2) is 4.79 Å². The van der Waals surface area contributed by atoms with Crippen LogP contribution in [0.5, 0.6) is 5.75 Å². The van der Waals surface area contributed by atoms with Crippen molar-refractivity contribution in [3.8, 4) is 5.75 Å². The Hall–Kier alpha value is -1.81. The number of quaternary nitrogens is 1. The topological polar surface area (TPSA) is 54.9 Å². The second-order valence-corrected chi connectivity index (χ2v) is 7.12. The van der Waals surface area contributed by atoms with Gasteiger partial charge in [-0.3, -0.25) is 0 Å². The first-order valence-corrected chi connectivity index (χ1v) is 8.79. The Kier molecular flexibility index (Phi) is 3.64.